The number of carbonyl (C=O) groups is 1. The van der Waals surface area contributed by atoms with Crippen molar-refractivity contribution in [3.63, 3.8) is 0 Å². The molecular formula is C18H23FN4O3S. The molecule has 146 valence electrons. The van der Waals surface area contributed by atoms with E-state index in [2.05, 4.69) is 15.2 Å². The summed E-state index contributed by atoms with van der Waals surface area (Å²) < 4.78 is 25.2. The molecular weight excluding hydrogens is 370 g/mol. The molecule has 0 aliphatic carbocycles. The number of hydrogen-bond acceptors (Lipinski definition) is 6. The van der Waals surface area contributed by atoms with Crippen LogP contribution in [-0.4, -0.2) is 68.6 Å². The number of aromatic nitrogens is 1. The van der Waals surface area contributed by atoms with Gasteiger partial charge in [-0.2, -0.15) is 0 Å². The van der Waals surface area contributed by atoms with E-state index in [1.807, 2.05) is 12.1 Å². The first-order valence-electron chi connectivity index (χ1n) is 9.16. The number of morpholine rings is 1. The van der Waals surface area contributed by atoms with Crippen LogP contribution in [-0.2, 0) is 4.74 Å². The molecule has 7 nitrogen and oxygen atoms in total. The van der Waals surface area contributed by atoms with Crippen LogP contribution in [0.1, 0.15) is 12.8 Å². The Balaban J connectivity index is 1.59. The van der Waals surface area contributed by atoms with E-state index >= 15 is 0 Å². The largest absolute Gasteiger partial charge is 0.494 e. The molecule has 0 radical (unpaired) electrons. The number of amides is 2. The molecule has 2 aliphatic heterocycles. The first kappa shape index (κ1) is 18.2. The number of nitrogens with zero attached hydrogens (tertiary/aromatic N) is 3. The van der Waals surface area contributed by atoms with Crippen LogP contribution in [0.5, 0.6) is 5.75 Å². The van der Waals surface area contributed by atoms with Gasteiger partial charge in [-0.1, -0.05) is 11.3 Å². The van der Waals surface area contributed by atoms with E-state index in [-0.39, 0.29) is 6.03 Å². The third-order valence-electron chi connectivity index (χ3n) is 4.98. The van der Waals surface area contributed by atoms with Crippen molar-refractivity contribution in [2.45, 2.75) is 19.0 Å². The number of likely N-dealkylation sites (tertiary alicyclic amines) is 1. The highest BCUT2D eigenvalue weighted by molar-refractivity contribution is 7.23. The quantitative estimate of drug-likeness (QED) is 0.868. The number of ether oxygens (including phenoxy) is 2. The Morgan fingerprint density at radius 2 is 2.04 bits per heavy atom. The fourth-order valence-electron chi connectivity index (χ4n) is 3.46. The second-order valence-corrected chi connectivity index (χ2v) is 7.67. The van der Waals surface area contributed by atoms with Gasteiger partial charge in [-0.15, -0.1) is 0 Å². The Hall–Kier alpha value is -2.13. The molecule has 2 fully saturated rings. The van der Waals surface area contributed by atoms with Crippen molar-refractivity contribution in [2.75, 3.05) is 56.7 Å². The lowest BCUT2D eigenvalue weighted by molar-refractivity contribution is 0.123. The van der Waals surface area contributed by atoms with E-state index in [1.54, 1.807) is 12.0 Å². The summed E-state index contributed by atoms with van der Waals surface area (Å²) in [5.74, 6) is 0.678. The Morgan fingerprint density at radius 3 is 2.74 bits per heavy atom. The molecule has 9 heteroatoms. The van der Waals surface area contributed by atoms with Crippen molar-refractivity contribution in [3.8, 4) is 5.75 Å². The maximum atomic E-state index is 13.3. The molecule has 0 saturated carbocycles. The van der Waals surface area contributed by atoms with Crippen LogP contribution in [0.15, 0.2) is 12.1 Å². The molecule has 0 bridgehead atoms. The third kappa shape index (κ3) is 3.79. The zero-order valence-electron chi connectivity index (χ0n) is 15.2. The fraction of sp³-hybridized carbons (Fsp3) is 0.556. The van der Waals surface area contributed by atoms with Gasteiger partial charge in [0.05, 0.1) is 30.7 Å². The SMILES string of the molecule is COc1ccc(N2CCOCC2)c2sc(NC(=O)N3CCC([18F])CC3)nc12. The smallest absolute Gasteiger partial charge is 0.323 e. The van der Waals surface area contributed by atoms with Crippen LogP contribution in [0.2, 0.25) is 0 Å². The summed E-state index contributed by atoms with van der Waals surface area (Å²) >= 11 is 1.43. The number of hydrogen-bond donors (Lipinski definition) is 1. The van der Waals surface area contributed by atoms with Crippen molar-refractivity contribution >= 4 is 38.4 Å². The lowest BCUT2D eigenvalue weighted by Crippen LogP contribution is -2.41. The standard InChI is InChI=1S/C18H23FN4O3S/c1-25-14-3-2-13(22-8-10-26-11-9-22)16-15(14)20-17(27-16)21-18(24)23-6-4-12(19)5-7-23/h2-3,12H,4-11H2,1H3,(H,20,21,24)/i19-1. The Morgan fingerprint density at radius 1 is 1.30 bits per heavy atom. The summed E-state index contributed by atoms with van der Waals surface area (Å²) in [5, 5.41) is 3.39. The van der Waals surface area contributed by atoms with E-state index < -0.39 is 6.17 Å². The molecule has 0 atom stereocenters. The van der Waals surface area contributed by atoms with Crippen LogP contribution >= 0.6 is 11.3 Å². The minimum Gasteiger partial charge on any atom is -0.494 e. The number of alkyl halides is 1. The predicted octanol–water partition coefficient (Wildman–Crippen LogP) is 3.11. The van der Waals surface area contributed by atoms with Gasteiger partial charge >= 0.3 is 6.03 Å². The van der Waals surface area contributed by atoms with Gasteiger partial charge in [-0.25, -0.2) is 14.2 Å². The minimum absolute atomic E-state index is 0.229. The first-order chi connectivity index (χ1) is 13.2. The molecule has 1 N–H and O–H groups in total. The zero-order valence-corrected chi connectivity index (χ0v) is 16.1. The lowest BCUT2D eigenvalue weighted by atomic mass is 10.1. The van der Waals surface area contributed by atoms with Gasteiger partial charge in [-0.05, 0) is 25.0 Å². The van der Waals surface area contributed by atoms with E-state index in [9.17, 15) is 9.18 Å². The first-order valence-corrected chi connectivity index (χ1v) is 9.97. The van der Waals surface area contributed by atoms with Gasteiger partial charge < -0.3 is 19.3 Å². The number of anilines is 2. The molecule has 2 aromatic rings. The van der Waals surface area contributed by atoms with Crippen LogP contribution in [0, 0.1) is 0 Å². The van der Waals surface area contributed by atoms with E-state index in [1.165, 1.54) is 11.3 Å². The van der Waals surface area contributed by atoms with E-state index in [0.717, 1.165) is 29.0 Å². The number of urea groups is 1. The van der Waals surface area contributed by atoms with Gasteiger partial charge in [-0.3, -0.25) is 5.32 Å². The molecule has 2 aliphatic rings. The molecule has 0 unspecified atom stereocenters. The van der Waals surface area contributed by atoms with E-state index in [4.69, 9.17) is 9.47 Å². The minimum atomic E-state index is -0.808. The molecule has 4 rings (SSSR count). The van der Waals surface area contributed by atoms with Gasteiger partial charge in [0, 0.05) is 26.2 Å². The summed E-state index contributed by atoms with van der Waals surface area (Å²) in [6.45, 7) is 3.89. The summed E-state index contributed by atoms with van der Waals surface area (Å²) in [7, 11) is 1.61. The number of piperidine rings is 1. The number of carbonyl (C=O) groups excluding carboxylic acids is 1. The van der Waals surface area contributed by atoms with Crippen molar-refractivity contribution in [2.24, 2.45) is 0 Å². The molecule has 2 amide bonds. The maximum absolute atomic E-state index is 13.3. The van der Waals surface area contributed by atoms with E-state index in [0.29, 0.717) is 50.0 Å². The normalized spacial score (nSPS) is 18.7. The molecule has 2 saturated heterocycles. The number of fused-ring (bicyclic) bond motifs is 1. The lowest BCUT2D eigenvalue weighted by Gasteiger charge is -2.29. The number of nitrogens with one attached hydrogen (secondary N) is 1. The Kier molecular flexibility index (Phi) is 5.31. The molecule has 1 aromatic carbocycles. The zero-order chi connectivity index (χ0) is 18.8. The molecule has 0 spiro atoms. The second kappa shape index (κ2) is 7.85. The number of halogens is 1. The Labute approximate surface area is 161 Å². The van der Waals surface area contributed by atoms with Gasteiger partial charge in [0.1, 0.15) is 17.4 Å². The van der Waals surface area contributed by atoms with Crippen molar-refractivity contribution in [1.29, 1.82) is 0 Å². The van der Waals surface area contributed by atoms with Crippen molar-refractivity contribution in [1.82, 2.24) is 9.88 Å². The summed E-state index contributed by atoms with van der Waals surface area (Å²) in [6.07, 6.45) is -0.0262. The second-order valence-electron chi connectivity index (χ2n) is 6.67. The monoisotopic (exact) mass is 393 g/mol. The van der Waals surface area contributed by atoms with Crippen LogP contribution in [0.4, 0.5) is 20.0 Å². The molecule has 27 heavy (non-hydrogen) atoms. The number of rotatable bonds is 3. The summed E-state index contributed by atoms with van der Waals surface area (Å²) in [4.78, 5) is 21.0. The van der Waals surface area contributed by atoms with Gasteiger partial charge in [0.25, 0.3) is 0 Å². The topological polar surface area (TPSA) is 66.9 Å². The van der Waals surface area contributed by atoms with Crippen molar-refractivity contribution in [3.05, 3.63) is 12.1 Å². The number of methoxy groups -OCH3 is 1. The number of benzene rings is 1. The summed E-state index contributed by atoms with van der Waals surface area (Å²) in [5.41, 5.74) is 1.81. The van der Waals surface area contributed by atoms with Crippen LogP contribution in [0.3, 0.4) is 0 Å². The van der Waals surface area contributed by atoms with Gasteiger partial charge in [0.2, 0.25) is 0 Å². The van der Waals surface area contributed by atoms with Crippen LogP contribution in [0.25, 0.3) is 10.2 Å². The summed E-state index contributed by atoms with van der Waals surface area (Å²) in [6, 6.07) is 3.71. The Bertz CT molecular complexity index is 816. The molecule has 3 heterocycles. The predicted molar refractivity (Wildman–Crippen MR) is 104 cm³/mol. The van der Waals surface area contributed by atoms with Gasteiger partial charge in [0.15, 0.2) is 5.13 Å². The highest BCUT2D eigenvalue weighted by Crippen LogP contribution is 2.39. The highest BCUT2D eigenvalue weighted by Gasteiger charge is 2.24. The number of thiazole rings is 1. The van der Waals surface area contributed by atoms with Crippen LogP contribution < -0.4 is 15.0 Å². The fourth-order valence-corrected chi connectivity index (χ4v) is 4.48. The average molecular weight is 393 g/mol. The third-order valence-corrected chi connectivity index (χ3v) is 5.98. The van der Waals surface area contributed by atoms with Crippen molar-refractivity contribution < 1.29 is 18.7 Å². The maximum Gasteiger partial charge on any atom is 0.323 e. The highest BCUT2D eigenvalue weighted by atomic mass is 32.1. The molecule has 1 aromatic heterocycles. The average Bonchev–Trinajstić information content (AvgIpc) is 3.11.